The number of hydrogen-bond donors (Lipinski definition) is 6. The van der Waals surface area contributed by atoms with Crippen LogP contribution in [0.2, 0.25) is 0 Å². The lowest BCUT2D eigenvalue weighted by Crippen LogP contribution is -2.64. The summed E-state index contributed by atoms with van der Waals surface area (Å²) >= 11 is 0. The molecule has 13 heteroatoms. The summed E-state index contributed by atoms with van der Waals surface area (Å²) in [5.41, 5.74) is 0. The van der Waals surface area contributed by atoms with Gasteiger partial charge in [0, 0.05) is 13.0 Å². The summed E-state index contributed by atoms with van der Waals surface area (Å²) in [6.07, 6.45) is 33.9. The largest absolute Gasteiger partial charge is 0.472 e. The molecule has 332 valence electrons. The first-order valence-electron chi connectivity index (χ1n) is 21.4. The van der Waals surface area contributed by atoms with Crippen molar-refractivity contribution in [2.75, 3.05) is 19.8 Å². The highest BCUT2D eigenvalue weighted by atomic mass is 31.2. The highest BCUT2D eigenvalue weighted by Gasteiger charge is 2.51. The molecule has 0 aromatic rings. The van der Waals surface area contributed by atoms with Crippen molar-refractivity contribution < 1.29 is 58.3 Å². The van der Waals surface area contributed by atoms with Gasteiger partial charge in [-0.3, -0.25) is 13.8 Å². The quantitative estimate of drug-likeness (QED) is 0.0158. The number of ether oxygens (including phenoxy) is 2. The molecule has 0 aliphatic heterocycles. The van der Waals surface area contributed by atoms with Gasteiger partial charge in [0.05, 0.1) is 13.2 Å². The standard InChI is InChI=1S/C45H75O12P/c1-3-5-7-9-11-13-15-17-18-19-20-21-23-25-27-29-31-33-35-54-36-38(37-55-58(52,53)57-45-43(50)41(48)40(47)42(49)44(45)51)56-39(46)34-32-30-28-26-24-22-16-14-12-10-8-6-4-2/h5-8,11-14,17-18,22,24,28,30,38,40-45,47-51H,3-4,9-10,15-16,19-21,23,25-27,29,31-37H2,1-2H3,(H,52,53)/b7-5-,8-6-,13-11-,14-12-,18-17-,24-22-,30-28-. The molecule has 1 aliphatic rings. The summed E-state index contributed by atoms with van der Waals surface area (Å²) in [4.78, 5) is 23.0. The lowest BCUT2D eigenvalue weighted by molar-refractivity contribution is -0.220. The maximum absolute atomic E-state index is 12.8. The van der Waals surface area contributed by atoms with E-state index in [1.54, 1.807) is 0 Å². The molecule has 1 rings (SSSR count). The van der Waals surface area contributed by atoms with Crippen LogP contribution in [0.15, 0.2) is 85.1 Å². The van der Waals surface area contributed by atoms with Gasteiger partial charge in [0.2, 0.25) is 0 Å². The van der Waals surface area contributed by atoms with Crippen LogP contribution in [0.1, 0.15) is 129 Å². The number of phosphoric acid groups is 1. The predicted molar refractivity (Wildman–Crippen MR) is 230 cm³/mol. The molecule has 0 amide bonds. The van der Waals surface area contributed by atoms with Crippen molar-refractivity contribution in [1.82, 2.24) is 0 Å². The van der Waals surface area contributed by atoms with Crippen molar-refractivity contribution in [3.63, 3.8) is 0 Å². The predicted octanol–water partition coefficient (Wildman–Crippen LogP) is 8.19. The van der Waals surface area contributed by atoms with Gasteiger partial charge in [0.1, 0.15) is 42.7 Å². The van der Waals surface area contributed by atoms with Crippen molar-refractivity contribution in [2.45, 2.75) is 172 Å². The van der Waals surface area contributed by atoms with E-state index < -0.39 is 63.1 Å². The van der Waals surface area contributed by atoms with Crippen molar-refractivity contribution in [3.8, 4) is 0 Å². The van der Waals surface area contributed by atoms with Crippen LogP contribution >= 0.6 is 7.82 Å². The SMILES string of the molecule is CC/C=C\C/C=C\C/C=C\C/C=C\CCC(=O)OC(COCCCCCCCCCC/C=C\C/C=C\C/C=C\CC)COP(=O)(O)OC1C(O)C(O)C(O)C(O)C1O. The van der Waals surface area contributed by atoms with Crippen molar-refractivity contribution >= 4 is 13.8 Å². The lowest BCUT2D eigenvalue weighted by Gasteiger charge is -2.41. The molecule has 1 saturated carbocycles. The Morgan fingerprint density at radius 1 is 0.552 bits per heavy atom. The highest BCUT2D eigenvalue weighted by Crippen LogP contribution is 2.47. The zero-order chi connectivity index (χ0) is 42.7. The first-order chi connectivity index (χ1) is 28.0. The minimum Gasteiger partial charge on any atom is -0.457 e. The number of rotatable bonds is 34. The lowest BCUT2D eigenvalue weighted by atomic mass is 9.85. The summed E-state index contributed by atoms with van der Waals surface area (Å²) < 4.78 is 34.0. The molecular weight excluding hydrogens is 763 g/mol. The van der Waals surface area contributed by atoms with Crippen molar-refractivity contribution in [2.24, 2.45) is 0 Å². The normalized spacial score (nSPS) is 23.5. The van der Waals surface area contributed by atoms with Gasteiger partial charge in [0.25, 0.3) is 0 Å². The third-order valence-corrected chi connectivity index (χ3v) is 10.3. The Morgan fingerprint density at radius 2 is 0.966 bits per heavy atom. The van der Waals surface area contributed by atoms with Crippen LogP contribution in [0.25, 0.3) is 0 Å². The molecule has 58 heavy (non-hydrogen) atoms. The molecule has 0 radical (unpaired) electrons. The molecule has 0 bridgehead atoms. The van der Waals surface area contributed by atoms with E-state index in [9.17, 15) is 39.8 Å². The topological polar surface area (TPSA) is 192 Å². The smallest absolute Gasteiger partial charge is 0.457 e. The van der Waals surface area contributed by atoms with Crippen LogP contribution in [-0.2, 0) is 27.9 Å². The molecule has 6 unspecified atom stereocenters. The average molecular weight is 839 g/mol. The number of phosphoric ester groups is 1. The Morgan fingerprint density at radius 3 is 1.47 bits per heavy atom. The fourth-order valence-corrected chi connectivity index (χ4v) is 6.88. The minimum atomic E-state index is -5.04. The van der Waals surface area contributed by atoms with Crippen molar-refractivity contribution in [3.05, 3.63) is 85.1 Å². The fraction of sp³-hybridized carbons (Fsp3) is 0.667. The molecular formula is C45H75O12P. The van der Waals surface area contributed by atoms with Crippen LogP contribution in [0, 0.1) is 0 Å². The number of carbonyl (C=O) groups is 1. The number of aliphatic hydroxyl groups is 5. The van der Waals surface area contributed by atoms with E-state index in [4.69, 9.17) is 18.5 Å². The molecule has 0 aromatic heterocycles. The Kier molecular flexibility index (Phi) is 32.6. The zero-order valence-corrected chi connectivity index (χ0v) is 35.9. The fourth-order valence-electron chi connectivity index (χ4n) is 5.91. The Balaban J connectivity index is 2.47. The molecule has 12 nitrogen and oxygen atoms in total. The van der Waals surface area contributed by atoms with Gasteiger partial charge in [-0.05, 0) is 70.6 Å². The van der Waals surface area contributed by atoms with E-state index in [2.05, 4.69) is 80.7 Å². The molecule has 6 N–H and O–H groups in total. The number of carbonyl (C=O) groups excluding carboxylic acids is 1. The second kappa shape index (κ2) is 35.3. The Labute approximate surface area is 348 Å². The van der Waals surface area contributed by atoms with E-state index >= 15 is 0 Å². The Hall–Kier alpha value is -2.48. The number of allylic oxidation sites excluding steroid dienone is 14. The van der Waals surface area contributed by atoms with Crippen LogP contribution < -0.4 is 0 Å². The van der Waals surface area contributed by atoms with Crippen LogP contribution in [0.4, 0.5) is 0 Å². The van der Waals surface area contributed by atoms with Crippen LogP contribution in [-0.4, -0.2) is 98.9 Å². The molecule has 1 aliphatic carbocycles. The minimum absolute atomic E-state index is 0.0578. The first-order valence-corrected chi connectivity index (χ1v) is 22.9. The Bertz CT molecular complexity index is 1280. The van der Waals surface area contributed by atoms with Crippen LogP contribution in [0.3, 0.4) is 0 Å². The van der Waals surface area contributed by atoms with Gasteiger partial charge in [-0.15, -0.1) is 0 Å². The maximum atomic E-state index is 12.8. The number of hydrogen-bond acceptors (Lipinski definition) is 11. The first kappa shape index (κ1) is 53.5. The summed E-state index contributed by atoms with van der Waals surface area (Å²) in [6.45, 7) is 3.90. The van der Waals surface area contributed by atoms with E-state index in [0.717, 1.165) is 77.0 Å². The van der Waals surface area contributed by atoms with E-state index in [-0.39, 0.29) is 13.0 Å². The molecule has 0 saturated heterocycles. The van der Waals surface area contributed by atoms with Gasteiger partial charge >= 0.3 is 13.8 Å². The van der Waals surface area contributed by atoms with Crippen molar-refractivity contribution in [1.29, 1.82) is 0 Å². The molecule has 0 heterocycles. The summed E-state index contributed by atoms with van der Waals surface area (Å²) in [5, 5.41) is 50.1. The van der Waals surface area contributed by atoms with E-state index in [0.29, 0.717) is 13.0 Å². The summed E-state index contributed by atoms with van der Waals surface area (Å²) in [7, 11) is -5.04. The summed E-state index contributed by atoms with van der Waals surface area (Å²) in [5.74, 6) is -0.564. The van der Waals surface area contributed by atoms with Gasteiger partial charge in [-0.2, -0.15) is 0 Å². The van der Waals surface area contributed by atoms with Gasteiger partial charge in [-0.1, -0.05) is 137 Å². The second-order valence-corrected chi connectivity index (χ2v) is 15.8. The van der Waals surface area contributed by atoms with Gasteiger partial charge < -0.3 is 39.9 Å². The van der Waals surface area contributed by atoms with Gasteiger partial charge in [-0.25, -0.2) is 4.57 Å². The van der Waals surface area contributed by atoms with E-state index in [1.165, 1.54) is 25.7 Å². The summed E-state index contributed by atoms with van der Waals surface area (Å²) in [6, 6.07) is 0. The zero-order valence-electron chi connectivity index (χ0n) is 35.1. The number of unbranched alkanes of at least 4 members (excludes halogenated alkanes) is 8. The molecule has 1 fully saturated rings. The molecule has 6 atom stereocenters. The van der Waals surface area contributed by atoms with E-state index in [1.807, 2.05) is 18.2 Å². The van der Waals surface area contributed by atoms with Gasteiger partial charge in [0.15, 0.2) is 0 Å². The monoisotopic (exact) mass is 838 g/mol. The highest BCUT2D eigenvalue weighted by molar-refractivity contribution is 7.47. The molecule has 0 aromatic carbocycles. The third-order valence-electron chi connectivity index (χ3n) is 9.28. The number of esters is 1. The third kappa shape index (κ3) is 27.3. The van der Waals surface area contributed by atoms with Crippen LogP contribution in [0.5, 0.6) is 0 Å². The second-order valence-electron chi connectivity index (χ2n) is 14.4. The average Bonchev–Trinajstić information content (AvgIpc) is 3.21. The number of aliphatic hydroxyl groups excluding tert-OH is 5. The maximum Gasteiger partial charge on any atom is 0.472 e. The molecule has 0 spiro atoms.